The summed E-state index contributed by atoms with van der Waals surface area (Å²) in [6.45, 7) is 5.95. The Balaban J connectivity index is 2.43. The SMILES string of the molecule is CCN1CC(C(C)N)c2cc(F)ccc21. The summed E-state index contributed by atoms with van der Waals surface area (Å²) in [7, 11) is 0. The lowest BCUT2D eigenvalue weighted by Gasteiger charge is -2.18. The van der Waals surface area contributed by atoms with Gasteiger partial charge in [0.25, 0.3) is 0 Å². The van der Waals surface area contributed by atoms with Crippen LogP contribution < -0.4 is 10.6 Å². The molecule has 0 amide bonds. The second-order valence-electron chi connectivity index (χ2n) is 4.21. The van der Waals surface area contributed by atoms with E-state index in [2.05, 4.69) is 11.8 Å². The van der Waals surface area contributed by atoms with Gasteiger partial charge in [-0.25, -0.2) is 4.39 Å². The Kier molecular flexibility index (Phi) is 2.65. The molecule has 1 aliphatic rings. The minimum atomic E-state index is -0.169. The second kappa shape index (κ2) is 3.81. The Hall–Kier alpha value is -1.09. The number of anilines is 1. The molecule has 0 aliphatic carbocycles. The molecule has 2 atom stereocenters. The zero-order chi connectivity index (χ0) is 11.0. The molecule has 2 nitrogen and oxygen atoms in total. The molecule has 0 bridgehead atoms. The maximum absolute atomic E-state index is 13.2. The highest BCUT2D eigenvalue weighted by Crippen LogP contribution is 2.37. The third kappa shape index (κ3) is 1.72. The Morgan fingerprint density at radius 2 is 2.33 bits per heavy atom. The van der Waals surface area contributed by atoms with Crippen molar-refractivity contribution >= 4 is 5.69 Å². The molecule has 0 fully saturated rings. The normalized spacial score (nSPS) is 21.6. The summed E-state index contributed by atoms with van der Waals surface area (Å²) in [6.07, 6.45) is 0. The van der Waals surface area contributed by atoms with Crippen LogP contribution in [0.2, 0.25) is 0 Å². The Morgan fingerprint density at radius 1 is 1.60 bits per heavy atom. The maximum atomic E-state index is 13.2. The summed E-state index contributed by atoms with van der Waals surface area (Å²) in [5.74, 6) is 0.0907. The molecule has 0 aromatic heterocycles. The van der Waals surface area contributed by atoms with E-state index in [1.165, 1.54) is 6.07 Å². The molecule has 3 heteroatoms. The number of nitrogens with two attached hydrogens (primary N) is 1. The summed E-state index contributed by atoms with van der Waals surface area (Å²) >= 11 is 0. The minimum Gasteiger partial charge on any atom is -0.371 e. The highest BCUT2D eigenvalue weighted by molar-refractivity contribution is 5.60. The van der Waals surface area contributed by atoms with Crippen molar-refractivity contribution in [3.63, 3.8) is 0 Å². The highest BCUT2D eigenvalue weighted by atomic mass is 19.1. The first kappa shape index (κ1) is 10.4. The molecule has 1 aromatic carbocycles. The number of rotatable bonds is 2. The molecule has 82 valence electrons. The van der Waals surface area contributed by atoms with Crippen molar-refractivity contribution in [3.05, 3.63) is 29.6 Å². The van der Waals surface area contributed by atoms with Crippen molar-refractivity contribution in [3.8, 4) is 0 Å². The van der Waals surface area contributed by atoms with Crippen LogP contribution in [0.25, 0.3) is 0 Å². The maximum Gasteiger partial charge on any atom is 0.123 e. The third-order valence-corrected chi connectivity index (χ3v) is 3.16. The first-order valence-electron chi connectivity index (χ1n) is 5.43. The van der Waals surface area contributed by atoms with Crippen LogP contribution in [-0.4, -0.2) is 19.1 Å². The molecule has 2 N–H and O–H groups in total. The third-order valence-electron chi connectivity index (χ3n) is 3.16. The van der Waals surface area contributed by atoms with Gasteiger partial charge in [0.05, 0.1) is 0 Å². The Bertz CT molecular complexity index is 363. The highest BCUT2D eigenvalue weighted by Gasteiger charge is 2.30. The predicted octanol–water partition coefficient (Wildman–Crippen LogP) is 2.10. The quantitative estimate of drug-likeness (QED) is 0.806. The van der Waals surface area contributed by atoms with Crippen LogP contribution in [0.3, 0.4) is 0 Å². The molecule has 0 radical (unpaired) electrons. The molecular weight excluding hydrogens is 191 g/mol. The van der Waals surface area contributed by atoms with Gasteiger partial charge in [-0.05, 0) is 37.6 Å². The molecule has 1 aromatic rings. The number of fused-ring (bicyclic) bond motifs is 1. The predicted molar refractivity (Wildman–Crippen MR) is 60.7 cm³/mol. The van der Waals surface area contributed by atoms with Gasteiger partial charge in [0, 0.05) is 30.7 Å². The van der Waals surface area contributed by atoms with Crippen molar-refractivity contribution in [1.29, 1.82) is 0 Å². The van der Waals surface area contributed by atoms with Crippen molar-refractivity contribution in [2.24, 2.45) is 5.73 Å². The van der Waals surface area contributed by atoms with E-state index in [9.17, 15) is 4.39 Å². The van der Waals surface area contributed by atoms with E-state index < -0.39 is 0 Å². The van der Waals surface area contributed by atoms with E-state index in [-0.39, 0.29) is 17.8 Å². The first-order chi connectivity index (χ1) is 7.13. The van der Waals surface area contributed by atoms with Crippen LogP contribution in [0.5, 0.6) is 0 Å². The zero-order valence-corrected chi connectivity index (χ0v) is 9.20. The lowest BCUT2D eigenvalue weighted by atomic mass is 9.95. The second-order valence-corrected chi connectivity index (χ2v) is 4.21. The van der Waals surface area contributed by atoms with E-state index in [0.717, 1.165) is 24.3 Å². The lowest BCUT2D eigenvalue weighted by molar-refractivity contribution is 0.579. The van der Waals surface area contributed by atoms with Crippen molar-refractivity contribution in [2.75, 3.05) is 18.0 Å². The molecule has 2 rings (SSSR count). The number of hydrogen-bond donors (Lipinski definition) is 1. The van der Waals surface area contributed by atoms with E-state index in [0.29, 0.717) is 0 Å². The zero-order valence-electron chi connectivity index (χ0n) is 9.20. The van der Waals surface area contributed by atoms with E-state index in [1.54, 1.807) is 6.07 Å². The van der Waals surface area contributed by atoms with Crippen LogP contribution in [0.15, 0.2) is 18.2 Å². The molecule has 0 spiro atoms. The van der Waals surface area contributed by atoms with Crippen molar-refractivity contribution < 1.29 is 4.39 Å². The molecule has 0 saturated heterocycles. The fraction of sp³-hybridized carbons (Fsp3) is 0.500. The lowest BCUT2D eigenvalue weighted by Crippen LogP contribution is -2.30. The fourth-order valence-electron chi connectivity index (χ4n) is 2.29. The van der Waals surface area contributed by atoms with Crippen molar-refractivity contribution in [2.45, 2.75) is 25.8 Å². The number of hydrogen-bond acceptors (Lipinski definition) is 2. The summed E-state index contributed by atoms with van der Waals surface area (Å²) < 4.78 is 13.2. The summed E-state index contributed by atoms with van der Waals surface area (Å²) in [5.41, 5.74) is 8.13. The average Bonchev–Trinajstić information content (AvgIpc) is 2.55. The van der Waals surface area contributed by atoms with Crippen LogP contribution >= 0.6 is 0 Å². The molecular formula is C12H17FN2. The Morgan fingerprint density at radius 3 is 2.93 bits per heavy atom. The van der Waals surface area contributed by atoms with E-state index in [4.69, 9.17) is 5.73 Å². The van der Waals surface area contributed by atoms with Gasteiger partial charge in [0.1, 0.15) is 5.82 Å². The number of nitrogens with zero attached hydrogens (tertiary/aromatic N) is 1. The van der Waals surface area contributed by atoms with Gasteiger partial charge in [0.2, 0.25) is 0 Å². The summed E-state index contributed by atoms with van der Waals surface area (Å²) in [6, 6.07) is 5.07. The topological polar surface area (TPSA) is 29.3 Å². The number of likely N-dealkylation sites (N-methyl/N-ethyl adjacent to an activating group) is 1. The van der Waals surface area contributed by atoms with Crippen molar-refractivity contribution in [1.82, 2.24) is 0 Å². The van der Waals surface area contributed by atoms with Crippen LogP contribution in [0.1, 0.15) is 25.3 Å². The molecule has 1 heterocycles. The van der Waals surface area contributed by atoms with Crippen LogP contribution in [-0.2, 0) is 0 Å². The van der Waals surface area contributed by atoms with E-state index in [1.807, 2.05) is 13.0 Å². The van der Waals surface area contributed by atoms with Crippen LogP contribution in [0, 0.1) is 5.82 Å². The van der Waals surface area contributed by atoms with Gasteiger partial charge < -0.3 is 10.6 Å². The van der Waals surface area contributed by atoms with Gasteiger partial charge in [-0.2, -0.15) is 0 Å². The smallest absolute Gasteiger partial charge is 0.123 e. The Labute approximate surface area is 89.9 Å². The molecule has 1 aliphatic heterocycles. The molecule has 15 heavy (non-hydrogen) atoms. The van der Waals surface area contributed by atoms with Gasteiger partial charge in [-0.1, -0.05) is 0 Å². The average molecular weight is 208 g/mol. The number of benzene rings is 1. The molecule has 0 saturated carbocycles. The summed E-state index contributed by atoms with van der Waals surface area (Å²) in [4.78, 5) is 2.25. The van der Waals surface area contributed by atoms with Gasteiger partial charge >= 0.3 is 0 Å². The van der Waals surface area contributed by atoms with Crippen LogP contribution in [0.4, 0.5) is 10.1 Å². The largest absolute Gasteiger partial charge is 0.371 e. The van der Waals surface area contributed by atoms with E-state index >= 15 is 0 Å². The minimum absolute atomic E-state index is 0.0714. The summed E-state index contributed by atoms with van der Waals surface area (Å²) in [5, 5.41) is 0. The number of halogens is 1. The fourth-order valence-corrected chi connectivity index (χ4v) is 2.29. The van der Waals surface area contributed by atoms with Gasteiger partial charge in [-0.15, -0.1) is 0 Å². The molecule has 2 unspecified atom stereocenters. The monoisotopic (exact) mass is 208 g/mol. The first-order valence-corrected chi connectivity index (χ1v) is 5.43. The standard InChI is InChI=1S/C12H17FN2/c1-3-15-7-11(8(2)14)10-6-9(13)4-5-12(10)15/h4-6,8,11H,3,7,14H2,1-2H3. The van der Waals surface area contributed by atoms with Gasteiger partial charge in [0.15, 0.2) is 0 Å². The van der Waals surface area contributed by atoms with Gasteiger partial charge in [-0.3, -0.25) is 0 Å².